The van der Waals surface area contributed by atoms with E-state index in [9.17, 15) is 0 Å². The zero-order chi connectivity index (χ0) is 4.28. The van der Waals surface area contributed by atoms with Crippen LogP contribution >= 0.6 is 24.8 Å². The first-order chi connectivity index (χ1) is 2.27. The zero-order valence-electron chi connectivity index (χ0n) is 4.86. The van der Waals surface area contributed by atoms with Gasteiger partial charge in [-0.3, -0.25) is 0 Å². The maximum absolute atomic E-state index is 4.45. The summed E-state index contributed by atoms with van der Waals surface area (Å²) in [7, 11) is 1.73. The molecule has 8 heavy (non-hydrogen) atoms. The quantitative estimate of drug-likeness (QED) is 0.258. The summed E-state index contributed by atoms with van der Waals surface area (Å²) >= 11 is 8.17. The van der Waals surface area contributed by atoms with Crippen molar-refractivity contribution in [2.75, 3.05) is 7.05 Å². The summed E-state index contributed by atoms with van der Waals surface area (Å²) < 4.78 is 0.532. The largest absolute Gasteiger partial charge is 0.412 e. The summed E-state index contributed by atoms with van der Waals surface area (Å²) in [5.74, 6) is 0. The van der Waals surface area contributed by atoms with Crippen molar-refractivity contribution in [2.24, 2.45) is 0 Å². The van der Waals surface area contributed by atoms with Crippen LogP contribution in [0.5, 0.6) is 0 Å². The van der Waals surface area contributed by atoms with Crippen LogP contribution < -0.4 is 5.32 Å². The van der Waals surface area contributed by atoms with E-state index < -0.39 is 0 Å². The van der Waals surface area contributed by atoms with Gasteiger partial charge in [-0.25, -0.2) is 0 Å². The van der Waals surface area contributed by atoms with Crippen molar-refractivity contribution in [2.45, 2.75) is 0 Å². The van der Waals surface area contributed by atoms with Crippen LogP contribution in [-0.4, -0.2) is 51.9 Å². The van der Waals surface area contributed by atoms with Crippen LogP contribution in [0.4, 0.5) is 0 Å². The van der Waals surface area contributed by atoms with E-state index in [4.69, 9.17) is 0 Å². The number of hydrogen-bond donors (Lipinski definition) is 2. The molecule has 0 heterocycles. The molecule has 0 spiro atoms. The SMILES string of the molecule is CNC(=S)S.O.O.[Na]. The van der Waals surface area contributed by atoms with Gasteiger partial charge in [-0.05, 0) is 0 Å². The van der Waals surface area contributed by atoms with Gasteiger partial charge >= 0.3 is 0 Å². The van der Waals surface area contributed by atoms with E-state index in [0.717, 1.165) is 0 Å². The smallest absolute Gasteiger partial charge is 0.130 e. The molecule has 0 rings (SSSR count). The van der Waals surface area contributed by atoms with Crippen LogP contribution in [0.25, 0.3) is 0 Å². The molecule has 0 aliphatic carbocycles. The predicted octanol–water partition coefficient (Wildman–Crippen LogP) is -1.61. The third kappa shape index (κ3) is 27.2. The Morgan fingerprint density at radius 3 is 1.62 bits per heavy atom. The zero-order valence-corrected chi connectivity index (χ0v) is 8.57. The summed E-state index contributed by atoms with van der Waals surface area (Å²) in [6.07, 6.45) is 0. The minimum absolute atomic E-state index is 0. The molecule has 0 bridgehead atoms. The molecule has 0 amide bonds. The number of rotatable bonds is 0. The standard InChI is InChI=1S/C2H5NS2.Na.2H2O/c1-3-2(4)5;;;/h1H3,(H2,3,4,5);;2*1H2. The Balaban J connectivity index is -0.0000000267. The molecule has 0 aliphatic rings. The second-order valence-electron chi connectivity index (χ2n) is 0.555. The van der Waals surface area contributed by atoms with Gasteiger partial charge < -0.3 is 16.3 Å². The Morgan fingerprint density at radius 2 is 1.62 bits per heavy atom. The van der Waals surface area contributed by atoms with Gasteiger partial charge in [0, 0.05) is 36.6 Å². The summed E-state index contributed by atoms with van der Waals surface area (Å²) in [4.78, 5) is 0. The van der Waals surface area contributed by atoms with Crippen LogP contribution in [0.1, 0.15) is 0 Å². The van der Waals surface area contributed by atoms with E-state index in [0.29, 0.717) is 4.32 Å². The number of thiocarbonyl (C=S) groups is 1. The van der Waals surface area contributed by atoms with E-state index in [2.05, 4.69) is 30.2 Å². The fraction of sp³-hybridized carbons (Fsp3) is 0.500. The van der Waals surface area contributed by atoms with Gasteiger partial charge in [0.15, 0.2) is 0 Å². The first kappa shape index (κ1) is 22.9. The summed E-state index contributed by atoms with van der Waals surface area (Å²) in [5, 5.41) is 2.62. The topological polar surface area (TPSA) is 75.0 Å². The molecule has 0 aromatic carbocycles. The van der Waals surface area contributed by atoms with Gasteiger partial charge in [0.2, 0.25) is 0 Å². The van der Waals surface area contributed by atoms with Gasteiger partial charge in [-0.2, -0.15) is 0 Å². The molecule has 0 aromatic rings. The fourth-order valence-corrected chi connectivity index (χ4v) is 0. The molecule has 0 saturated heterocycles. The number of thiol groups is 1. The van der Waals surface area contributed by atoms with Crippen molar-refractivity contribution in [1.29, 1.82) is 0 Å². The average Bonchev–Trinajstić information content (AvgIpc) is 1.38. The molecular weight excluding hydrogens is 157 g/mol. The van der Waals surface area contributed by atoms with Crippen molar-refractivity contribution < 1.29 is 11.0 Å². The van der Waals surface area contributed by atoms with Crippen LogP contribution in [0.2, 0.25) is 0 Å². The molecule has 6 heteroatoms. The molecule has 0 saturated carbocycles. The van der Waals surface area contributed by atoms with E-state index >= 15 is 0 Å². The normalized spacial score (nSPS) is 4.25. The first-order valence-electron chi connectivity index (χ1n) is 1.18. The fourth-order valence-electron chi connectivity index (χ4n) is 0. The Bertz CT molecular complexity index is 53.3. The molecule has 0 aromatic heterocycles. The van der Waals surface area contributed by atoms with Crippen molar-refractivity contribution in [3.05, 3.63) is 0 Å². The molecule has 1 radical (unpaired) electrons. The van der Waals surface area contributed by atoms with Gasteiger partial charge in [0.05, 0.1) is 0 Å². The summed E-state index contributed by atoms with van der Waals surface area (Å²) in [5.41, 5.74) is 0. The second-order valence-corrected chi connectivity index (χ2v) is 1.71. The minimum Gasteiger partial charge on any atom is -0.412 e. The summed E-state index contributed by atoms with van der Waals surface area (Å²) in [6, 6.07) is 0. The van der Waals surface area contributed by atoms with Crippen molar-refractivity contribution in [3.63, 3.8) is 0 Å². The molecule has 0 fully saturated rings. The number of hydrogen-bond acceptors (Lipinski definition) is 1. The molecule has 3 nitrogen and oxygen atoms in total. The first-order valence-corrected chi connectivity index (χ1v) is 2.03. The van der Waals surface area contributed by atoms with Crippen molar-refractivity contribution in [3.8, 4) is 0 Å². The Morgan fingerprint density at radius 1 is 1.50 bits per heavy atom. The molecule has 0 unspecified atom stereocenters. The Labute approximate surface area is 81.5 Å². The summed E-state index contributed by atoms with van der Waals surface area (Å²) in [6.45, 7) is 0. The molecule has 0 atom stereocenters. The maximum atomic E-state index is 4.45. The Kier molecular flexibility index (Phi) is 45.0. The average molecular weight is 166 g/mol. The number of nitrogens with one attached hydrogen (secondary N) is 1. The second kappa shape index (κ2) is 15.7. The molecule has 0 aliphatic heterocycles. The molecule has 47 valence electrons. The van der Waals surface area contributed by atoms with Gasteiger partial charge in [-0.15, -0.1) is 12.6 Å². The van der Waals surface area contributed by atoms with Crippen LogP contribution in [0.3, 0.4) is 0 Å². The maximum Gasteiger partial charge on any atom is 0.130 e. The van der Waals surface area contributed by atoms with Crippen LogP contribution in [0, 0.1) is 0 Å². The minimum atomic E-state index is 0. The van der Waals surface area contributed by atoms with E-state index in [1.54, 1.807) is 7.05 Å². The van der Waals surface area contributed by atoms with Crippen molar-refractivity contribution >= 4 is 58.7 Å². The predicted molar refractivity (Wildman–Crippen MR) is 43.6 cm³/mol. The van der Waals surface area contributed by atoms with E-state index in [1.807, 2.05) is 0 Å². The molecular formula is C2H9NNaO2S2. The third-order valence-corrected chi connectivity index (χ3v) is 0.642. The van der Waals surface area contributed by atoms with Gasteiger partial charge in [0.1, 0.15) is 4.32 Å². The van der Waals surface area contributed by atoms with E-state index in [-0.39, 0.29) is 40.5 Å². The van der Waals surface area contributed by atoms with E-state index in [1.165, 1.54) is 0 Å². The molecule has 5 N–H and O–H groups in total. The van der Waals surface area contributed by atoms with Crippen molar-refractivity contribution in [1.82, 2.24) is 5.32 Å². The third-order valence-electron chi connectivity index (χ3n) is 0.214. The Hall–Kier alpha value is 1.16. The van der Waals surface area contributed by atoms with Crippen LogP contribution in [0.15, 0.2) is 0 Å². The van der Waals surface area contributed by atoms with Gasteiger partial charge in [0.25, 0.3) is 0 Å². The van der Waals surface area contributed by atoms with Gasteiger partial charge in [-0.1, -0.05) is 12.2 Å². The van der Waals surface area contributed by atoms with Crippen LogP contribution in [-0.2, 0) is 0 Å². The monoisotopic (exact) mass is 166 g/mol.